The average Bonchev–Trinajstić information content (AvgIpc) is 2.26. The Morgan fingerprint density at radius 1 is 1.36 bits per heavy atom. The molecule has 0 spiro atoms. The van der Waals surface area contributed by atoms with Gasteiger partial charge in [0.05, 0.1) is 12.7 Å². The molecule has 0 radical (unpaired) electrons. The fourth-order valence-electron chi connectivity index (χ4n) is 1.36. The van der Waals surface area contributed by atoms with Crippen LogP contribution >= 0.6 is 11.6 Å². The second-order valence-electron chi connectivity index (χ2n) is 3.23. The molecule has 2 unspecified atom stereocenters. The fourth-order valence-corrected chi connectivity index (χ4v) is 1.61. The second-order valence-corrected chi connectivity index (χ2v) is 3.53. The third kappa shape index (κ3) is 2.98. The van der Waals surface area contributed by atoms with Crippen molar-refractivity contribution >= 4 is 11.6 Å². The number of halogens is 1. The summed E-state index contributed by atoms with van der Waals surface area (Å²) in [5.41, 5.74) is 0.884. The van der Waals surface area contributed by atoms with Crippen molar-refractivity contribution in [1.82, 2.24) is 0 Å². The van der Waals surface area contributed by atoms with Gasteiger partial charge in [0.25, 0.3) is 0 Å². The number of alkyl halides is 1. The number of hydrogen-bond donors (Lipinski definition) is 1. The van der Waals surface area contributed by atoms with Crippen LogP contribution in [0.5, 0.6) is 0 Å². The van der Waals surface area contributed by atoms with Gasteiger partial charge < -0.3 is 9.84 Å². The molecule has 0 aliphatic rings. The summed E-state index contributed by atoms with van der Waals surface area (Å²) in [7, 11) is 1.61. The lowest BCUT2D eigenvalue weighted by molar-refractivity contribution is 0.0584. The first-order valence-corrected chi connectivity index (χ1v) is 5.11. The third-order valence-electron chi connectivity index (χ3n) is 2.17. The molecule has 1 rings (SSSR count). The van der Waals surface area contributed by atoms with Gasteiger partial charge in [0.1, 0.15) is 0 Å². The molecule has 0 heterocycles. The summed E-state index contributed by atoms with van der Waals surface area (Å²) in [6.07, 6.45) is -0.548. The highest BCUT2D eigenvalue weighted by Gasteiger charge is 2.19. The highest BCUT2D eigenvalue weighted by Crippen LogP contribution is 2.22. The van der Waals surface area contributed by atoms with Crippen LogP contribution in [-0.2, 0) is 4.74 Å². The van der Waals surface area contributed by atoms with E-state index in [1.165, 1.54) is 0 Å². The number of rotatable bonds is 5. The molecule has 0 aromatic heterocycles. The van der Waals surface area contributed by atoms with Gasteiger partial charge in [-0.1, -0.05) is 30.3 Å². The van der Waals surface area contributed by atoms with Crippen LogP contribution in [0, 0.1) is 5.92 Å². The molecule has 0 aliphatic carbocycles. The van der Waals surface area contributed by atoms with E-state index in [-0.39, 0.29) is 5.92 Å². The summed E-state index contributed by atoms with van der Waals surface area (Å²) in [5, 5.41) is 9.95. The maximum atomic E-state index is 9.95. The van der Waals surface area contributed by atoms with Crippen molar-refractivity contribution in [2.24, 2.45) is 5.92 Å². The summed E-state index contributed by atoms with van der Waals surface area (Å²) in [6, 6.07) is 9.50. The van der Waals surface area contributed by atoms with Gasteiger partial charge in [0.2, 0.25) is 0 Å². The molecule has 0 bridgehead atoms. The molecule has 1 aromatic rings. The maximum Gasteiger partial charge on any atom is 0.0851 e. The summed E-state index contributed by atoms with van der Waals surface area (Å²) >= 11 is 5.75. The minimum absolute atomic E-state index is 0.0518. The summed E-state index contributed by atoms with van der Waals surface area (Å²) in [4.78, 5) is 0. The normalized spacial score (nSPS) is 15.1. The van der Waals surface area contributed by atoms with Gasteiger partial charge in [-0.05, 0) is 5.56 Å². The van der Waals surface area contributed by atoms with E-state index in [0.29, 0.717) is 12.5 Å². The Kier molecular flexibility index (Phi) is 4.94. The van der Waals surface area contributed by atoms with Gasteiger partial charge >= 0.3 is 0 Å². The number of aliphatic hydroxyl groups excluding tert-OH is 1. The van der Waals surface area contributed by atoms with Crippen LogP contribution in [0.4, 0.5) is 0 Å². The zero-order valence-electron chi connectivity index (χ0n) is 8.19. The van der Waals surface area contributed by atoms with E-state index in [9.17, 15) is 5.11 Å². The number of methoxy groups -OCH3 is 1. The van der Waals surface area contributed by atoms with Crippen LogP contribution in [0.15, 0.2) is 30.3 Å². The Morgan fingerprint density at radius 3 is 2.50 bits per heavy atom. The molecule has 0 saturated carbocycles. The Bertz CT molecular complexity index is 251. The van der Waals surface area contributed by atoms with E-state index < -0.39 is 6.10 Å². The summed E-state index contributed by atoms with van der Waals surface area (Å²) in [5.74, 6) is 0.341. The second kappa shape index (κ2) is 6.02. The molecular weight excluding hydrogens is 200 g/mol. The lowest BCUT2D eigenvalue weighted by atomic mass is 9.98. The predicted octanol–water partition coefficient (Wildman–Crippen LogP) is 2.22. The lowest BCUT2D eigenvalue weighted by Gasteiger charge is -2.20. The summed E-state index contributed by atoms with van der Waals surface area (Å²) in [6.45, 7) is 0.472. The molecule has 1 N–H and O–H groups in total. The standard InChI is InChI=1S/C11H15ClO2/c1-14-8-10(7-12)11(13)9-5-3-2-4-6-9/h2-6,10-11,13H,7-8H2,1H3. The minimum Gasteiger partial charge on any atom is -0.388 e. The predicted molar refractivity (Wildman–Crippen MR) is 57.5 cm³/mol. The van der Waals surface area contributed by atoms with Crippen molar-refractivity contribution in [3.63, 3.8) is 0 Å². The van der Waals surface area contributed by atoms with Gasteiger partial charge in [0.15, 0.2) is 0 Å². The molecule has 0 saturated heterocycles. The van der Waals surface area contributed by atoms with Crippen LogP contribution in [-0.4, -0.2) is 24.7 Å². The molecule has 3 heteroatoms. The minimum atomic E-state index is -0.548. The zero-order valence-corrected chi connectivity index (χ0v) is 8.95. The average molecular weight is 215 g/mol. The van der Waals surface area contributed by atoms with Crippen molar-refractivity contribution in [3.05, 3.63) is 35.9 Å². The number of benzene rings is 1. The van der Waals surface area contributed by atoms with Crippen LogP contribution < -0.4 is 0 Å². The maximum absolute atomic E-state index is 9.95. The van der Waals surface area contributed by atoms with E-state index in [1.807, 2.05) is 30.3 Å². The number of ether oxygens (including phenoxy) is 1. The van der Waals surface area contributed by atoms with Crippen molar-refractivity contribution in [1.29, 1.82) is 0 Å². The Hall–Kier alpha value is -0.570. The van der Waals surface area contributed by atoms with E-state index in [0.717, 1.165) is 5.56 Å². The zero-order chi connectivity index (χ0) is 10.4. The molecule has 0 amide bonds. The van der Waals surface area contributed by atoms with Crippen LogP contribution in [0.1, 0.15) is 11.7 Å². The highest BCUT2D eigenvalue weighted by atomic mass is 35.5. The molecule has 2 atom stereocenters. The third-order valence-corrected chi connectivity index (χ3v) is 2.56. The number of aliphatic hydroxyl groups is 1. The van der Waals surface area contributed by atoms with E-state index in [1.54, 1.807) is 7.11 Å². The Balaban J connectivity index is 2.67. The first kappa shape index (κ1) is 11.5. The van der Waals surface area contributed by atoms with Gasteiger partial charge in [-0.2, -0.15) is 0 Å². The van der Waals surface area contributed by atoms with Gasteiger partial charge in [-0.3, -0.25) is 0 Å². The first-order chi connectivity index (χ1) is 6.79. The van der Waals surface area contributed by atoms with Gasteiger partial charge in [0, 0.05) is 18.9 Å². The van der Waals surface area contributed by atoms with Crippen molar-refractivity contribution in [2.45, 2.75) is 6.10 Å². The Morgan fingerprint density at radius 2 is 2.00 bits per heavy atom. The molecule has 0 fully saturated rings. The molecular formula is C11H15ClO2. The SMILES string of the molecule is COCC(CCl)C(O)c1ccccc1. The molecule has 0 aliphatic heterocycles. The van der Waals surface area contributed by atoms with Gasteiger partial charge in [-0.15, -0.1) is 11.6 Å². The summed E-state index contributed by atoms with van der Waals surface area (Å²) < 4.78 is 4.99. The quantitative estimate of drug-likeness (QED) is 0.762. The smallest absolute Gasteiger partial charge is 0.0851 e. The monoisotopic (exact) mass is 214 g/mol. The van der Waals surface area contributed by atoms with E-state index >= 15 is 0 Å². The topological polar surface area (TPSA) is 29.5 Å². The van der Waals surface area contributed by atoms with Crippen LogP contribution in [0.3, 0.4) is 0 Å². The largest absolute Gasteiger partial charge is 0.388 e. The van der Waals surface area contributed by atoms with Crippen molar-refractivity contribution in [2.75, 3.05) is 19.6 Å². The first-order valence-electron chi connectivity index (χ1n) is 4.57. The lowest BCUT2D eigenvalue weighted by Crippen LogP contribution is -2.19. The van der Waals surface area contributed by atoms with Crippen LogP contribution in [0.2, 0.25) is 0 Å². The Labute approximate surface area is 89.5 Å². The van der Waals surface area contributed by atoms with Crippen LogP contribution in [0.25, 0.3) is 0 Å². The van der Waals surface area contributed by atoms with E-state index in [4.69, 9.17) is 16.3 Å². The van der Waals surface area contributed by atoms with Crippen molar-refractivity contribution < 1.29 is 9.84 Å². The molecule has 78 valence electrons. The fraction of sp³-hybridized carbons (Fsp3) is 0.455. The highest BCUT2D eigenvalue weighted by molar-refractivity contribution is 6.18. The van der Waals surface area contributed by atoms with Gasteiger partial charge in [-0.25, -0.2) is 0 Å². The molecule has 1 aromatic carbocycles. The molecule has 14 heavy (non-hydrogen) atoms. The van der Waals surface area contributed by atoms with E-state index in [2.05, 4.69) is 0 Å². The number of hydrogen-bond acceptors (Lipinski definition) is 2. The molecule has 2 nitrogen and oxygen atoms in total. The van der Waals surface area contributed by atoms with Crippen molar-refractivity contribution in [3.8, 4) is 0 Å².